The number of piperidine rings is 1. The van der Waals surface area contributed by atoms with Crippen molar-refractivity contribution in [1.82, 2.24) is 9.88 Å². The number of hydrogen-bond acceptors (Lipinski definition) is 5. The van der Waals surface area contributed by atoms with Crippen LogP contribution in [0.25, 0.3) is 0 Å². The summed E-state index contributed by atoms with van der Waals surface area (Å²) in [5.74, 6) is 0.102. The highest BCUT2D eigenvalue weighted by Crippen LogP contribution is 2.30. The molecule has 30 heavy (non-hydrogen) atoms. The molecule has 2 aliphatic rings. The number of nitrogens with zero attached hydrogens (tertiary/aromatic N) is 3. The fourth-order valence-corrected chi connectivity index (χ4v) is 4.03. The summed E-state index contributed by atoms with van der Waals surface area (Å²) < 4.78 is 0.848. The number of amides is 3. The number of anilines is 3. The first-order chi connectivity index (χ1) is 14.4. The molecule has 156 valence electrons. The van der Waals surface area contributed by atoms with Crippen molar-refractivity contribution in [3.05, 3.63) is 46.6 Å². The molecule has 3 heterocycles. The number of nitrogens with one attached hydrogen (secondary N) is 2. The van der Waals surface area contributed by atoms with Crippen LogP contribution < -0.4 is 15.5 Å². The number of fused-ring (bicyclic) bond motifs is 1. The molecule has 1 aromatic heterocycles. The number of likely N-dealkylation sites (tertiary alicyclic amines) is 1. The van der Waals surface area contributed by atoms with Gasteiger partial charge in [-0.3, -0.25) is 14.4 Å². The molecule has 1 saturated heterocycles. The smallest absolute Gasteiger partial charge is 0.253 e. The molecular weight excluding hydrogens is 450 g/mol. The number of halogens is 1. The quantitative estimate of drug-likeness (QED) is 0.717. The summed E-state index contributed by atoms with van der Waals surface area (Å²) in [6.45, 7) is 1.31. The average Bonchev–Trinajstić information content (AvgIpc) is 2.74. The van der Waals surface area contributed by atoms with E-state index in [1.54, 1.807) is 29.3 Å². The molecule has 0 unspecified atom stereocenters. The lowest BCUT2D eigenvalue weighted by atomic mass is 9.95. The summed E-state index contributed by atoms with van der Waals surface area (Å²) in [7, 11) is 1.85. The topological polar surface area (TPSA) is 94.6 Å². The second-order valence-electron chi connectivity index (χ2n) is 7.55. The number of hydrogen-bond donors (Lipinski definition) is 2. The van der Waals surface area contributed by atoms with Gasteiger partial charge in [0.1, 0.15) is 5.82 Å². The molecule has 0 spiro atoms. The Hall–Kier alpha value is -2.94. The van der Waals surface area contributed by atoms with Gasteiger partial charge in [0.05, 0.1) is 17.9 Å². The van der Waals surface area contributed by atoms with Crippen LogP contribution in [0.15, 0.2) is 41.0 Å². The molecule has 3 amide bonds. The van der Waals surface area contributed by atoms with Gasteiger partial charge in [-0.25, -0.2) is 4.98 Å². The Bertz CT molecular complexity index is 987. The van der Waals surface area contributed by atoms with Crippen LogP contribution in [-0.4, -0.2) is 54.3 Å². The van der Waals surface area contributed by atoms with Crippen LogP contribution in [0.1, 0.15) is 23.2 Å². The Labute approximate surface area is 182 Å². The van der Waals surface area contributed by atoms with E-state index in [-0.39, 0.29) is 23.6 Å². The summed E-state index contributed by atoms with van der Waals surface area (Å²) in [5.41, 5.74) is 2.07. The Morgan fingerprint density at radius 3 is 2.67 bits per heavy atom. The van der Waals surface area contributed by atoms with E-state index in [9.17, 15) is 14.4 Å². The molecule has 1 aromatic carbocycles. The molecular formula is C21H22BrN5O3. The van der Waals surface area contributed by atoms with Gasteiger partial charge >= 0.3 is 0 Å². The van der Waals surface area contributed by atoms with Gasteiger partial charge < -0.3 is 20.4 Å². The zero-order chi connectivity index (χ0) is 21.3. The van der Waals surface area contributed by atoms with Crippen LogP contribution in [0.2, 0.25) is 0 Å². The third-order valence-corrected chi connectivity index (χ3v) is 5.91. The average molecular weight is 472 g/mol. The minimum atomic E-state index is -0.157. The number of carbonyl (C=O) groups excluding carboxylic acids is 3. The van der Waals surface area contributed by atoms with Crippen molar-refractivity contribution in [2.75, 3.05) is 42.2 Å². The fourth-order valence-electron chi connectivity index (χ4n) is 3.80. The van der Waals surface area contributed by atoms with E-state index in [1.165, 1.54) is 0 Å². The fraction of sp³-hybridized carbons (Fsp3) is 0.333. The molecule has 0 bridgehead atoms. The first-order valence-electron chi connectivity index (χ1n) is 9.77. The van der Waals surface area contributed by atoms with Gasteiger partial charge in [0.15, 0.2) is 0 Å². The summed E-state index contributed by atoms with van der Waals surface area (Å²) in [4.78, 5) is 45.0. The predicted molar refractivity (Wildman–Crippen MR) is 118 cm³/mol. The van der Waals surface area contributed by atoms with Crippen molar-refractivity contribution in [3.63, 3.8) is 0 Å². The van der Waals surface area contributed by atoms with Crippen LogP contribution in [0.5, 0.6) is 0 Å². The minimum absolute atomic E-state index is 0.0727. The maximum atomic E-state index is 12.9. The van der Waals surface area contributed by atoms with E-state index >= 15 is 0 Å². The van der Waals surface area contributed by atoms with Crippen LogP contribution in [-0.2, 0) is 9.59 Å². The van der Waals surface area contributed by atoms with Gasteiger partial charge in [0, 0.05) is 42.3 Å². The van der Waals surface area contributed by atoms with Crippen molar-refractivity contribution < 1.29 is 14.4 Å². The minimum Gasteiger partial charge on any atom is -0.364 e. The molecule has 4 rings (SSSR count). The molecule has 0 radical (unpaired) electrons. The highest BCUT2D eigenvalue weighted by Gasteiger charge is 2.29. The number of carbonyl (C=O) groups is 3. The maximum Gasteiger partial charge on any atom is 0.253 e. The SMILES string of the molecule is CN1CC(=O)Nc2cc(C(=O)N3CCC(C(=O)Nc4ccc(Br)cn4)CC3)ccc21. The van der Waals surface area contributed by atoms with E-state index in [0.717, 1.165) is 10.2 Å². The van der Waals surface area contributed by atoms with E-state index in [0.29, 0.717) is 49.5 Å². The van der Waals surface area contributed by atoms with Crippen molar-refractivity contribution in [2.45, 2.75) is 12.8 Å². The molecule has 1 fully saturated rings. The van der Waals surface area contributed by atoms with Gasteiger partial charge in [-0.1, -0.05) is 0 Å². The Morgan fingerprint density at radius 2 is 1.97 bits per heavy atom. The molecule has 9 heteroatoms. The lowest BCUT2D eigenvalue weighted by Gasteiger charge is -2.32. The van der Waals surface area contributed by atoms with E-state index < -0.39 is 0 Å². The standard InChI is InChI=1S/C21H22BrN5O3/c1-26-12-19(28)24-16-10-14(2-4-17(16)26)21(30)27-8-6-13(7-9-27)20(29)25-18-5-3-15(22)11-23-18/h2-5,10-11,13H,6-9,12H2,1H3,(H,24,28)(H,23,25,29). The molecule has 0 atom stereocenters. The number of aromatic nitrogens is 1. The van der Waals surface area contributed by atoms with Gasteiger partial charge in [-0.15, -0.1) is 0 Å². The molecule has 2 aromatic rings. The first kappa shape index (κ1) is 20.3. The van der Waals surface area contributed by atoms with Crippen molar-refractivity contribution >= 4 is 50.8 Å². The summed E-state index contributed by atoms with van der Waals surface area (Å²) >= 11 is 3.32. The lowest BCUT2D eigenvalue weighted by Crippen LogP contribution is -2.41. The Kier molecular flexibility index (Phi) is 5.72. The Morgan fingerprint density at radius 1 is 1.20 bits per heavy atom. The zero-order valence-electron chi connectivity index (χ0n) is 16.5. The van der Waals surface area contributed by atoms with Crippen molar-refractivity contribution in [3.8, 4) is 0 Å². The van der Waals surface area contributed by atoms with Crippen LogP contribution >= 0.6 is 15.9 Å². The highest BCUT2D eigenvalue weighted by molar-refractivity contribution is 9.10. The second kappa shape index (κ2) is 8.43. The number of pyridine rings is 1. The van der Waals surface area contributed by atoms with Crippen LogP contribution in [0.4, 0.5) is 17.2 Å². The maximum absolute atomic E-state index is 12.9. The molecule has 0 saturated carbocycles. The van der Waals surface area contributed by atoms with E-state index in [1.807, 2.05) is 24.1 Å². The van der Waals surface area contributed by atoms with Crippen molar-refractivity contribution in [1.29, 1.82) is 0 Å². The summed E-state index contributed by atoms with van der Waals surface area (Å²) in [6, 6.07) is 8.93. The molecule has 0 aliphatic carbocycles. The lowest BCUT2D eigenvalue weighted by molar-refractivity contribution is -0.121. The van der Waals surface area contributed by atoms with Crippen LogP contribution in [0, 0.1) is 5.92 Å². The second-order valence-corrected chi connectivity index (χ2v) is 8.47. The highest BCUT2D eigenvalue weighted by atomic mass is 79.9. The van der Waals surface area contributed by atoms with Gasteiger partial charge in [0.2, 0.25) is 11.8 Å². The van der Waals surface area contributed by atoms with Gasteiger partial charge in [-0.05, 0) is 59.1 Å². The number of rotatable bonds is 3. The van der Waals surface area contributed by atoms with E-state index in [2.05, 4.69) is 31.5 Å². The first-order valence-corrected chi connectivity index (χ1v) is 10.6. The molecule has 8 nitrogen and oxygen atoms in total. The largest absolute Gasteiger partial charge is 0.364 e. The van der Waals surface area contributed by atoms with Crippen LogP contribution in [0.3, 0.4) is 0 Å². The molecule has 2 N–H and O–H groups in total. The van der Waals surface area contributed by atoms with Gasteiger partial charge in [0.25, 0.3) is 5.91 Å². The third-order valence-electron chi connectivity index (χ3n) is 5.44. The normalized spacial score (nSPS) is 16.7. The Balaban J connectivity index is 1.36. The van der Waals surface area contributed by atoms with Gasteiger partial charge in [-0.2, -0.15) is 0 Å². The van der Waals surface area contributed by atoms with Crippen molar-refractivity contribution in [2.24, 2.45) is 5.92 Å². The predicted octanol–water partition coefficient (Wildman–Crippen LogP) is 2.72. The summed E-state index contributed by atoms with van der Waals surface area (Å²) in [6.07, 6.45) is 2.83. The summed E-state index contributed by atoms with van der Waals surface area (Å²) in [5, 5.41) is 5.66. The third kappa shape index (κ3) is 4.30. The number of likely N-dealkylation sites (N-methyl/N-ethyl adjacent to an activating group) is 1. The zero-order valence-corrected chi connectivity index (χ0v) is 18.1. The number of benzene rings is 1. The monoisotopic (exact) mass is 471 g/mol. The van der Waals surface area contributed by atoms with E-state index in [4.69, 9.17) is 0 Å². The molecule has 2 aliphatic heterocycles.